The number of hydrogen-bond acceptors (Lipinski definition) is 3. The molecule has 1 N–H and O–H groups in total. The fraction of sp³-hybridized carbons (Fsp3) is 0.786. The van der Waals surface area contributed by atoms with E-state index in [2.05, 4.69) is 5.32 Å². The lowest BCUT2D eigenvalue weighted by Crippen LogP contribution is -2.37. The van der Waals surface area contributed by atoms with Crippen molar-refractivity contribution in [2.75, 3.05) is 6.54 Å². The number of fused-ring (bicyclic) bond motifs is 1. The summed E-state index contributed by atoms with van der Waals surface area (Å²) in [7, 11) is 0. The molecule has 1 heterocycles. The normalized spacial score (nSPS) is 26.8. The molecule has 2 rings (SSSR count). The molecular weight excluding hydrogens is 244 g/mol. The van der Waals surface area contributed by atoms with E-state index in [1.807, 2.05) is 13.8 Å². The molecule has 3 amide bonds. The molecule has 0 radical (unpaired) electrons. The summed E-state index contributed by atoms with van der Waals surface area (Å²) in [6, 6.07) is 0.0834. The minimum absolute atomic E-state index is 0.0629. The van der Waals surface area contributed by atoms with Crippen LogP contribution in [0.25, 0.3) is 0 Å². The van der Waals surface area contributed by atoms with Gasteiger partial charge in [0.25, 0.3) is 0 Å². The lowest BCUT2D eigenvalue weighted by molar-refractivity contribution is -0.140. The highest BCUT2D eigenvalue weighted by atomic mass is 16.2. The van der Waals surface area contributed by atoms with Crippen LogP contribution in [0.5, 0.6) is 0 Å². The topological polar surface area (TPSA) is 66.5 Å². The summed E-state index contributed by atoms with van der Waals surface area (Å²) in [6.45, 7) is 4.00. The molecule has 2 atom stereocenters. The van der Waals surface area contributed by atoms with E-state index in [-0.39, 0.29) is 48.6 Å². The van der Waals surface area contributed by atoms with Crippen LogP contribution in [-0.4, -0.2) is 35.2 Å². The van der Waals surface area contributed by atoms with E-state index in [0.29, 0.717) is 0 Å². The Labute approximate surface area is 113 Å². The van der Waals surface area contributed by atoms with E-state index in [0.717, 1.165) is 25.7 Å². The first-order valence-corrected chi connectivity index (χ1v) is 7.15. The van der Waals surface area contributed by atoms with Crippen molar-refractivity contribution in [2.45, 2.75) is 52.0 Å². The molecule has 0 aromatic heterocycles. The van der Waals surface area contributed by atoms with E-state index < -0.39 is 0 Å². The second-order valence-corrected chi connectivity index (χ2v) is 5.80. The summed E-state index contributed by atoms with van der Waals surface area (Å²) >= 11 is 0. The number of nitrogens with one attached hydrogen (secondary N) is 1. The molecule has 2 fully saturated rings. The maximum absolute atomic E-state index is 12.2. The first-order valence-electron chi connectivity index (χ1n) is 7.15. The van der Waals surface area contributed by atoms with Crippen molar-refractivity contribution >= 4 is 17.7 Å². The fourth-order valence-electron chi connectivity index (χ4n) is 3.06. The second kappa shape index (κ2) is 5.72. The van der Waals surface area contributed by atoms with Crippen molar-refractivity contribution in [1.29, 1.82) is 0 Å². The molecule has 106 valence electrons. The molecular formula is C14H22N2O3. The van der Waals surface area contributed by atoms with Crippen molar-refractivity contribution in [3.05, 3.63) is 0 Å². The molecule has 1 aliphatic heterocycles. The van der Waals surface area contributed by atoms with Crippen LogP contribution in [0.15, 0.2) is 0 Å². The van der Waals surface area contributed by atoms with Crippen molar-refractivity contribution in [2.24, 2.45) is 11.8 Å². The van der Waals surface area contributed by atoms with E-state index in [1.165, 1.54) is 4.90 Å². The Balaban J connectivity index is 1.92. The maximum Gasteiger partial charge on any atom is 0.233 e. The number of amides is 3. The number of carbonyl (C=O) groups excluding carboxylic acids is 3. The molecule has 0 unspecified atom stereocenters. The molecule has 2 aliphatic rings. The summed E-state index contributed by atoms with van der Waals surface area (Å²) in [5.74, 6) is -0.464. The minimum Gasteiger partial charge on any atom is -0.354 e. The lowest BCUT2D eigenvalue weighted by Gasteiger charge is -2.19. The average molecular weight is 266 g/mol. The SMILES string of the molecule is CC(C)NC(=O)CCN1C(=O)[C@H]2CCCC[C@H]2C1=O. The number of carbonyl (C=O) groups is 3. The van der Waals surface area contributed by atoms with E-state index in [9.17, 15) is 14.4 Å². The molecule has 19 heavy (non-hydrogen) atoms. The number of likely N-dealkylation sites (tertiary alicyclic amines) is 1. The largest absolute Gasteiger partial charge is 0.354 e. The summed E-state index contributed by atoms with van der Waals surface area (Å²) < 4.78 is 0. The van der Waals surface area contributed by atoms with Gasteiger partial charge < -0.3 is 5.32 Å². The van der Waals surface area contributed by atoms with Gasteiger partial charge in [0.15, 0.2) is 0 Å². The van der Waals surface area contributed by atoms with Gasteiger partial charge in [-0.3, -0.25) is 19.3 Å². The molecule has 1 saturated heterocycles. The first kappa shape index (κ1) is 14.0. The van der Waals surface area contributed by atoms with Gasteiger partial charge in [-0.25, -0.2) is 0 Å². The van der Waals surface area contributed by atoms with Crippen LogP contribution in [-0.2, 0) is 14.4 Å². The maximum atomic E-state index is 12.2. The number of imide groups is 1. The van der Waals surface area contributed by atoms with Crippen LogP contribution in [0.1, 0.15) is 46.0 Å². The number of nitrogens with zero attached hydrogens (tertiary/aromatic N) is 1. The predicted molar refractivity (Wildman–Crippen MR) is 70.1 cm³/mol. The van der Waals surface area contributed by atoms with Crippen molar-refractivity contribution in [3.8, 4) is 0 Å². The summed E-state index contributed by atoms with van der Waals surface area (Å²) in [5, 5.41) is 2.77. The highest BCUT2D eigenvalue weighted by molar-refractivity contribution is 6.05. The molecule has 0 spiro atoms. The lowest BCUT2D eigenvalue weighted by atomic mass is 9.81. The third kappa shape index (κ3) is 2.96. The Hall–Kier alpha value is -1.39. The third-order valence-corrected chi connectivity index (χ3v) is 3.94. The van der Waals surface area contributed by atoms with Crippen molar-refractivity contribution in [1.82, 2.24) is 10.2 Å². The van der Waals surface area contributed by atoms with Crippen LogP contribution in [0.3, 0.4) is 0 Å². The van der Waals surface area contributed by atoms with Crippen molar-refractivity contribution in [3.63, 3.8) is 0 Å². The van der Waals surface area contributed by atoms with Crippen molar-refractivity contribution < 1.29 is 14.4 Å². The summed E-state index contributed by atoms with van der Waals surface area (Å²) in [5.41, 5.74) is 0. The Kier molecular flexibility index (Phi) is 4.22. The Morgan fingerprint density at radius 1 is 1.21 bits per heavy atom. The van der Waals surface area contributed by atoms with Gasteiger partial charge in [0.2, 0.25) is 17.7 Å². The number of rotatable bonds is 4. The zero-order valence-corrected chi connectivity index (χ0v) is 11.6. The van der Waals surface area contributed by atoms with E-state index >= 15 is 0 Å². The zero-order valence-electron chi connectivity index (χ0n) is 11.6. The van der Waals surface area contributed by atoms with Gasteiger partial charge in [0, 0.05) is 19.0 Å². The zero-order chi connectivity index (χ0) is 14.0. The van der Waals surface area contributed by atoms with Gasteiger partial charge in [0.1, 0.15) is 0 Å². The minimum atomic E-state index is -0.116. The average Bonchev–Trinajstić information content (AvgIpc) is 2.60. The van der Waals surface area contributed by atoms with Crippen LogP contribution < -0.4 is 5.32 Å². The first-order chi connectivity index (χ1) is 9.00. The third-order valence-electron chi connectivity index (χ3n) is 3.94. The molecule has 1 aliphatic carbocycles. The summed E-state index contributed by atoms with van der Waals surface area (Å²) in [6.07, 6.45) is 3.91. The predicted octanol–water partition coefficient (Wildman–Crippen LogP) is 1.08. The van der Waals surface area contributed by atoms with E-state index in [4.69, 9.17) is 0 Å². The smallest absolute Gasteiger partial charge is 0.233 e. The van der Waals surface area contributed by atoms with Gasteiger partial charge in [-0.1, -0.05) is 12.8 Å². The Morgan fingerprint density at radius 3 is 2.21 bits per heavy atom. The van der Waals surface area contributed by atoms with Crippen LogP contribution in [0.4, 0.5) is 0 Å². The standard InChI is InChI=1S/C14H22N2O3/c1-9(2)15-12(17)7-8-16-13(18)10-5-3-4-6-11(10)14(16)19/h9-11H,3-8H2,1-2H3,(H,15,17)/t10-,11+. The molecule has 0 aromatic rings. The van der Waals surface area contributed by atoms with Crippen LogP contribution in [0.2, 0.25) is 0 Å². The summed E-state index contributed by atoms with van der Waals surface area (Å²) in [4.78, 5) is 37.2. The monoisotopic (exact) mass is 266 g/mol. The molecule has 1 saturated carbocycles. The van der Waals surface area contributed by atoms with Crippen LogP contribution in [0, 0.1) is 11.8 Å². The van der Waals surface area contributed by atoms with Crippen LogP contribution >= 0.6 is 0 Å². The Morgan fingerprint density at radius 2 is 1.74 bits per heavy atom. The second-order valence-electron chi connectivity index (χ2n) is 5.80. The van der Waals surface area contributed by atoms with E-state index in [1.54, 1.807) is 0 Å². The van der Waals surface area contributed by atoms with Gasteiger partial charge in [-0.15, -0.1) is 0 Å². The molecule has 5 nitrogen and oxygen atoms in total. The highest BCUT2D eigenvalue weighted by Crippen LogP contribution is 2.37. The quantitative estimate of drug-likeness (QED) is 0.774. The van der Waals surface area contributed by atoms with Gasteiger partial charge in [-0.05, 0) is 26.7 Å². The highest BCUT2D eigenvalue weighted by Gasteiger charge is 2.47. The van der Waals surface area contributed by atoms with Gasteiger partial charge in [0.05, 0.1) is 11.8 Å². The number of hydrogen-bond donors (Lipinski definition) is 1. The van der Waals surface area contributed by atoms with Gasteiger partial charge >= 0.3 is 0 Å². The van der Waals surface area contributed by atoms with Gasteiger partial charge in [-0.2, -0.15) is 0 Å². The molecule has 5 heteroatoms. The Bertz CT molecular complexity index is 368. The fourth-order valence-corrected chi connectivity index (χ4v) is 3.06. The molecule has 0 bridgehead atoms. The molecule has 0 aromatic carbocycles.